The fraction of sp³-hybridized carbons (Fsp3) is 0.333. The third-order valence-electron chi connectivity index (χ3n) is 6.71. The topological polar surface area (TPSA) is 99.6 Å². The van der Waals surface area contributed by atoms with Crippen molar-refractivity contribution in [2.75, 3.05) is 5.32 Å². The van der Waals surface area contributed by atoms with Gasteiger partial charge in [0.15, 0.2) is 11.6 Å². The van der Waals surface area contributed by atoms with Gasteiger partial charge < -0.3 is 10.4 Å². The average Bonchev–Trinajstić information content (AvgIpc) is 3.07. The summed E-state index contributed by atoms with van der Waals surface area (Å²) in [6.45, 7) is 0. The number of imide groups is 1. The number of aromatic hydroxyl groups is 1. The summed E-state index contributed by atoms with van der Waals surface area (Å²) >= 11 is 0. The van der Waals surface area contributed by atoms with Crippen LogP contribution in [0.3, 0.4) is 0 Å². The Labute approximate surface area is 179 Å². The summed E-state index contributed by atoms with van der Waals surface area (Å²) in [5.41, 5.74) is 0.837. The maximum Gasteiger partial charge on any atom is 0.249 e. The molecule has 1 aromatic heterocycles. The molecule has 2 N–H and O–H groups in total. The Morgan fingerprint density at radius 1 is 1.03 bits per heavy atom. The van der Waals surface area contributed by atoms with Crippen LogP contribution in [0.4, 0.5) is 5.82 Å². The Kier molecular flexibility index (Phi) is 4.81. The fourth-order valence-electron chi connectivity index (χ4n) is 5.24. The zero-order chi connectivity index (χ0) is 21.5. The molecule has 1 aliphatic heterocycles. The lowest BCUT2D eigenvalue weighted by atomic mass is 9.63. The molecular weight excluding hydrogens is 394 g/mol. The minimum Gasteiger partial charge on any atom is -0.504 e. The zero-order valence-corrected chi connectivity index (χ0v) is 16.8. The van der Waals surface area contributed by atoms with E-state index in [1.807, 2.05) is 30.3 Å². The van der Waals surface area contributed by atoms with Crippen LogP contribution in [-0.2, 0) is 20.8 Å². The largest absolute Gasteiger partial charge is 0.504 e. The molecule has 0 radical (unpaired) electrons. The number of carbonyl (C=O) groups excluding carboxylic acids is 3. The first-order chi connectivity index (χ1) is 15.0. The third kappa shape index (κ3) is 3.30. The van der Waals surface area contributed by atoms with Crippen molar-refractivity contribution in [2.45, 2.75) is 25.3 Å². The zero-order valence-electron chi connectivity index (χ0n) is 16.8. The lowest BCUT2D eigenvalue weighted by Crippen LogP contribution is -2.49. The van der Waals surface area contributed by atoms with Crippen molar-refractivity contribution in [1.29, 1.82) is 0 Å². The van der Waals surface area contributed by atoms with Crippen molar-refractivity contribution in [3.8, 4) is 5.75 Å². The van der Waals surface area contributed by atoms with Crippen molar-refractivity contribution in [2.24, 2.45) is 23.7 Å². The van der Waals surface area contributed by atoms with E-state index < -0.39 is 11.9 Å². The van der Waals surface area contributed by atoms with Crippen LogP contribution in [0.5, 0.6) is 5.75 Å². The maximum atomic E-state index is 13.4. The third-order valence-corrected chi connectivity index (χ3v) is 6.71. The second kappa shape index (κ2) is 7.65. The molecule has 1 saturated heterocycles. The number of likely N-dealkylation sites (tertiary alicyclic amines) is 1. The molecule has 1 saturated carbocycles. The molecule has 158 valence electrons. The van der Waals surface area contributed by atoms with E-state index in [9.17, 15) is 19.5 Å². The van der Waals surface area contributed by atoms with Crippen LogP contribution in [0.15, 0.2) is 60.8 Å². The summed E-state index contributed by atoms with van der Waals surface area (Å²) in [6, 6.07) is 11.2. The number of fused-ring (bicyclic) bond motifs is 1. The lowest BCUT2D eigenvalue weighted by molar-refractivity contribution is -0.146. The quantitative estimate of drug-likeness (QED) is 0.575. The van der Waals surface area contributed by atoms with Gasteiger partial charge in [-0.2, -0.15) is 0 Å². The van der Waals surface area contributed by atoms with Gasteiger partial charge in [-0.3, -0.25) is 19.3 Å². The van der Waals surface area contributed by atoms with Gasteiger partial charge in [-0.1, -0.05) is 42.5 Å². The molecule has 3 amide bonds. The maximum absolute atomic E-state index is 13.4. The van der Waals surface area contributed by atoms with E-state index in [2.05, 4.69) is 22.5 Å². The number of anilines is 1. The van der Waals surface area contributed by atoms with Crippen LogP contribution >= 0.6 is 0 Å². The molecule has 0 unspecified atom stereocenters. The predicted molar refractivity (Wildman–Crippen MR) is 113 cm³/mol. The summed E-state index contributed by atoms with van der Waals surface area (Å²) in [5, 5.41) is 12.6. The second-order valence-corrected chi connectivity index (χ2v) is 8.45. The fourth-order valence-corrected chi connectivity index (χ4v) is 5.24. The minimum atomic E-state index is -1.02. The first-order valence-corrected chi connectivity index (χ1v) is 10.6. The van der Waals surface area contributed by atoms with Crippen LogP contribution in [-0.4, -0.2) is 38.8 Å². The van der Waals surface area contributed by atoms with Gasteiger partial charge in [0.05, 0.1) is 11.8 Å². The smallest absolute Gasteiger partial charge is 0.249 e. The van der Waals surface area contributed by atoms with Gasteiger partial charge in [-0.25, -0.2) is 4.98 Å². The molecule has 6 rings (SSSR count). The number of rotatable bonds is 5. The molecule has 2 heterocycles. The van der Waals surface area contributed by atoms with E-state index in [0.717, 1.165) is 18.4 Å². The highest BCUT2D eigenvalue weighted by Gasteiger charge is 2.58. The number of pyridine rings is 1. The van der Waals surface area contributed by atoms with Gasteiger partial charge in [0.25, 0.3) is 0 Å². The van der Waals surface area contributed by atoms with Gasteiger partial charge in [-0.05, 0) is 42.4 Å². The van der Waals surface area contributed by atoms with E-state index in [0.29, 0.717) is 0 Å². The molecule has 4 aliphatic rings. The predicted octanol–water partition coefficient (Wildman–Crippen LogP) is 2.53. The molecular formula is C24H23N3O4. The van der Waals surface area contributed by atoms with Gasteiger partial charge >= 0.3 is 0 Å². The van der Waals surface area contributed by atoms with E-state index in [1.165, 1.54) is 17.2 Å². The number of carbonyl (C=O) groups is 3. The van der Waals surface area contributed by atoms with Crippen molar-refractivity contribution in [3.63, 3.8) is 0 Å². The van der Waals surface area contributed by atoms with Crippen LogP contribution < -0.4 is 5.32 Å². The summed E-state index contributed by atoms with van der Waals surface area (Å²) in [5.74, 6) is -1.91. The van der Waals surface area contributed by atoms with E-state index in [4.69, 9.17) is 0 Å². The van der Waals surface area contributed by atoms with Crippen LogP contribution in [0.2, 0.25) is 0 Å². The van der Waals surface area contributed by atoms with Crippen molar-refractivity contribution in [3.05, 3.63) is 66.4 Å². The van der Waals surface area contributed by atoms with Gasteiger partial charge in [-0.15, -0.1) is 0 Å². The Morgan fingerprint density at radius 2 is 1.68 bits per heavy atom. The highest BCUT2D eigenvalue weighted by atomic mass is 16.3. The first-order valence-electron chi connectivity index (χ1n) is 10.6. The average molecular weight is 417 g/mol. The number of hydrogen-bond acceptors (Lipinski definition) is 5. The molecule has 31 heavy (non-hydrogen) atoms. The summed E-state index contributed by atoms with van der Waals surface area (Å²) in [7, 11) is 0. The monoisotopic (exact) mass is 417 g/mol. The number of nitrogens with one attached hydrogen (secondary N) is 1. The molecule has 3 aliphatic carbocycles. The van der Waals surface area contributed by atoms with E-state index in [1.54, 1.807) is 6.07 Å². The Balaban J connectivity index is 1.48. The highest BCUT2D eigenvalue weighted by molar-refractivity contribution is 6.10. The van der Waals surface area contributed by atoms with Crippen molar-refractivity contribution < 1.29 is 19.5 Å². The van der Waals surface area contributed by atoms with Crippen LogP contribution in [0.25, 0.3) is 0 Å². The summed E-state index contributed by atoms with van der Waals surface area (Å²) in [6.07, 6.45) is 7.55. The molecule has 1 aromatic carbocycles. The first kappa shape index (κ1) is 19.5. The molecule has 2 bridgehead atoms. The number of aromatic nitrogens is 1. The van der Waals surface area contributed by atoms with E-state index >= 15 is 0 Å². The number of hydrogen-bond donors (Lipinski definition) is 2. The number of allylic oxidation sites excluding steroid dienone is 2. The normalized spacial score (nSPS) is 27.3. The van der Waals surface area contributed by atoms with Gasteiger partial charge in [0.1, 0.15) is 6.04 Å². The van der Waals surface area contributed by atoms with Crippen molar-refractivity contribution in [1.82, 2.24) is 9.88 Å². The number of amides is 3. The Bertz CT molecular complexity index is 1040. The summed E-state index contributed by atoms with van der Waals surface area (Å²) in [4.78, 5) is 45.3. The van der Waals surface area contributed by atoms with Gasteiger partial charge in [0.2, 0.25) is 17.7 Å². The lowest BCUT2D eigenvalue weighted by Gasteiger charge is -2.38. The molecule has 7 heteroatoms. The summed E-state index contributed by atoms with van der Waals surface area (Å²) < 4.78 is 0. The molecule has 5 atom stereocenters. The Morgan fingerprint density at radius 3 is 2.26 bits per heavy atom. The highest BCUT2D eigenvalue weighted by Crippen LogP contribution is 2.50. The van der Waals surface area contributed by atoms with Crippen LogP contribution in [0, 0.1) is 23.7 Å². The number of benzene rings is 1. The second-order valence-electron chi connectivity index (χ2n) is 8.45. The molecule has 0 spiro atoms. The molecule has 2 aromatic rings. The molecule has 2 fully saturated rings. The Hall–Kier alpha value is -3.48. The molecule has 7 nitrogen and oxygen atoms in total. The van der Waals surface area contributed by atoms with E-state index in [-0.39, 0.29) is 53.5 Å². The van der Waals surface area contributed by atoms with Crippen LogP contribution in [0.1, 0.15) is 18.4 Å². The minimum absolute atomic E-state index is 0.00353. The number of nitrogens with zero attached hydrogens (tertiary/aromatic N) is 2. The SMILES string of the molecule is O=C(Nc1ncccc1O)[C@H](Cc1ccccc1)N1C(=O)[C@@H]2[C@H](C1=O)[C@H]1C=C[C@H]2CC1. The standard InChI is InChI=1S/C24H23N3O4/c28-18-7-4-12-25-21(18)26-22(29)17(13-14-5-2-1-3-6-14)27-23(30)19-15-8-9-16(11-10-15)20(19)24(27)31/h1-9,12,15-17,19-20,28H,10-11,13H2,(H,25,26,29)/t15-,16-,17-,19-,20+/m0/s1. The van der Waals surface area contributed by atoms with Gasteiger partial charge in [0, 0.05) is 12.6 Å². The van der Waals surface area contributed by atoms with Crippen molar-refractivity contribution >= 4 is 23.5 Å².